The molecular weight excluding hydrogens is 268 g/mol. The lowest BCUT2D eigenvalue weighted by atomic mass is 10.2. The van der Waals surface area contributed by atoms with Gasteiger partial charge in [0.15, 0.2) is 5.82 Å². The third kappa shape index (κ3) is 2.92. The van der Waals surface area contributed by atoms with E-state index in [0.29, 0.717) is 11.5 Å². The van der Waals surface area contributed by atoms with E-state index in [0.717, 1.165) is 5.56 Å². The summed E-state index contributed by atoms with van der Waals surface area (Å²) in [5.74, 6) is 0.344. The zero-order valence-corrected chi connectivity index (χ0v) is 11.3. The Balaban J connectivity index is 1.74. The fraction of sp³-hybridized carbons (Fsp3) is 0.0714. The molecule has 0 unspecified atom stereocenters. The Labute approximate surface area is 120 Å². The van der Waals surface area contributed by atoms with Gasteiger partial charge in [-0.1, -0.05) is 0 Å². The minimum atomic E-state index is -0.299. The van der Waals surface area contributed by atoms with Gasteiger partial charge in [0.1, 0.15) is 12.0 Å². The summed E-state index contributed by atoms with van der Waals surface area (Å²) in [6, 6.07) is 7.28. The first kappa shape index (κ1) is 12.9. The first-order valence-electron chi connectivity index (χ1n) is 6.26. The Morgan fingerprint density at radius 3 is 2.57 bits per heavy atom. The lowest BCUT2D eigenvalue weighted by Gasteiger charge is -2.04. The van der Waals surface area contributed by atoms with Gasteiger partial charge in [-0.25, -0.2) is 9.97 Å². The SMILES string of the molecule is Cn1cnc(-c2ccc(NC(=O)c3cnccn3)cc2)n1. The molecule has 7 nitrogen and oxygen atoms in total. The van der Waals surface area contributed by atoms with E-state index in [1.54, 1.807) is 23.1 Å². The predicted octanol–water partition coefficient (Wildman–Crippen LogP) is 1.52. The van der Waals surface area contributed by atoms with Gasteiger partial charge in [-0.2, -0.15) is 5.10 Å². The van der Waals surface area contributed by atoms with Crippen LogP contribution in [-0.4, -0.2) is 30.6 Å². The summed E-state index contributed by atoms with van der Waals surface area (Å²) in [6.45, 7) is 0. The van der Waals surface area contributed by atoms with E-state index in [9.17, 15) is 4.79 Å². The molecule has 1 aromatic carbocycles. The first-order chi connectivity index (χ1) is 10.2. The Morgan fingerprint density at radius 2 is 1.95 bits per heavy atom. The monoisotopic (exact) mass is 280 g/mol. The van der Waals surface area contributed by atoms with Crippen LogP contribution in [0.2, 0.25) is 0 Å². The van der Waals surface area contributed by atoms with Crippen molar-refractivity contribution in [2.24, 2.45) is 7.05 Å². The molecule has 104 valence electrons. The summed E-state index contributed by atoms with van der Waals surface area (Å²) in [4.78, 5) is 23.9. The van der Waals surface area contributed by atoms with Gasteiger partial charge in [0.25, 0.3) is 5.91 Å². The Hall–Kier alpha value is -3.09. The van der Waals surface area contributed by atoms with Crippen molar-refractivity contribution in [2.45, 2.75) is 0 Å². The highest BCUT2D eigenvalue weighted by molar-refractivity contribution is 6.02. The molecule has 0 aliphatic carbocycles. The molecule has 0 saturated heterocycles. The first-order valence-corrected chi connectivity index (χ1v) is 6.26. The molecule has 2 aromatic heterocycles. The van der Waals surface area contributed by atoms with Gasteiger partial charge in [0.05, 0.1) is 6.20 Å². The van der Waals surface area contributed by atoms with Crippen LogP contribution >= 0.6 is 0 Å². The molecule has 0 bridgehead atoms. The fourth-order valence-corrected chi connectivity index (χ4v) is 1.79. The normalized spacial score (nSPS) is 10.3. The lowest BCUT2D eigenvalue weighted by molar-refractivity contribution is 0.102. The third-order valence-electron chi connectivity index (χ3n) is 2.80. The molecule has 0 atom stereocenters. The van der Waals surface area contributed by atoms with E-state index in [1.165, 1.54) is 18.6 Å². The van der Waals surface area contributed by atoms with Gasteiger partial charge in [-0.3, -0.25) is 14.5 Å². The van der Waals surface area contributed by atoms with Gasteiger partial charge in [-0.05, 0) is 24.3 Å². The second-order valence-corrected chi connectivity index (χ2v) is 4.36. The molecule has 0 fully saturated rings. The average Bonchev–Trinajstić information content (AvgIpc) is 2.95. The lowest BCUT2D eigenvalue weighted by Crippen LogP contribution is -2.13. The highest BCUT2D eigenvalue weighted by atomic mass is 16.1. The van der Waals surface area contributed by atoms with Crippen molar-refractivity contribution in [3.8, 4) is 11.4 Å². The Morgan fingerprint density at radius 1 is 1.14 bits per heavy atom. The molecule has 1 N–H and O–H groups in total. The number of carbonyl (C=O) groups is 1. The van der Waals surface area contributed by atoms with Gasteiger partial charge in [0, 0.05) is 30.7 Å². The number of anilines is 1. The minimum absolute atomic E-state index is 0.271. The molecule has 0 saturated carbocycles. The van der Waals surface area contributed by atoms with E-state index in [-0.39, 0.29) is 11.6 Å². The van der Waals surface area contributed by atoms with Crippen LogP contribution in [0.3, 0.4) is 0 Å². The summed E-state index contributed by atoms with van der Waals surface area (Å²) in [6.07, 6.45) is 6.05. The van der Waals surface area contributed by atoms with E-state index >= 15 is 0 Å². The van der Waals surface area contributed by atoms with Crippen molar-refractivity contribution in [3.63, 3.8) is 0 Å². The van der Waals surface area contributed by atoms with Crippen molar-refractivity contribution in [2.75, 3.05) is 5.32 Å². The molecule has 3 aromatic rings. The van der Waals surface area contributed by atoms with Gasteiger partial charge in [0.2, 0.25) is 0 Å². The van der Waals surface area contributed by atoms with Crippen molar-refractivity contribution in [1.29, 1.82) is 0 Å². The van der Waals surface area contributed by atoms with Gasteiger partial charge >= 0.3 is 0 Å². The average molecular weight is 280 g/mol. The molecule has 0 spiro atoms. The van der Waals surface area contributed by atoms with Crippen LogP contribution in [0, 0.1) is 0 Å². The number of nitrogens with zero attached hydrogens (tertiary/aromatic N) is 5. The summed E-state index contributed by atoms with van der Waals surface area (Å²) in [7, 11) is 1.81. The highest BCUT2D eigenvalue weighted by Crippen LogP contribution is 2.17. The molecule has 0 radical (unpaired) electrons. The molecule has 0 aliphatic heterocycles. The number of nitrogens with one attached hydrogen (secondary N) is 1. The molecule has 7 heteroatoms. The maximum absolute atomic E-state index is 11.9. The maximum Gasteiger partial charge on any atom is 0.275 e. The minimum Gasteiger partial charge on any atom is -0.321 e. The predicted molar refractivity (Wildman–Crippen MR) is 76.4 cm³/mol. The van der Waals surface area contributed by atoms with Crippen LogP contribution in [0.5, 0.6) is 0 Å². The van der Waals surface area contributed by atoms with Crippen LogP contribution in [-0.2, 0) is 7.05 Å². The molecule has 2 heterocycles. The van der Waals surface area contributed by atoms with Crippen LogP contribution in [0.25, 0.3) is 11.4 Å². The number of benzene rings is 1. The molecule has 0 aliphatic rings. The standard InChI is InChI=1S/C14H12N6O/c1-20-9-17-13(19-20)10-2-4-11(5-3-10)18-14(21)12-8-15-6-7-16-12/h2-9H,1H3,(H,18,21). The Bertz CT molecular complexity index is 751. The smallest absolute Gasteiger partial charge is 0.275 e. The molecular formula is C14H12N6O. The fourth-order valence-electron chi connectivity index (χ4n) is 1.79. The number of aryl methyl sites for hydroxylation is 1. The molecule has 1 amide bonds. The van der Waals surface area contributed by atoms with Crippen molar-refractivity contribution < 1.29 is 4.79 Å². The molecule has 21 heavy (non-hydrogen) atoms. The zero-order chi connectivity index (χ0) is 14.7. The second kappa shape index (κ2) is 5.49. The quantitative estimate of drug-likeness (QED) is 0.786. The number of aromatic nitrogens is 5. The number of amides is 1. The topological polar surface area (TPSA) is 85.6 Å². The summed E-state index contributed by atoms with van der Waals surface area (Å²) in [5.41, 5.74) is 1.83. The maximum atomic E-state index is 11.9. The zero-order valence-electron chi connectivity index (χ0n) is 11.3. The van der Waals surface area contributed by atoms with Gasteiger partial charge in [-0.15, -0.1) is 0 Å². The van der Waals surface area contributed by atoms with Crippen molar-refractivity contribution in [1.82, 2.24) is 24.7 Å². The highest BCUT2D eigenvalue weighted by Gasteiger charge is 2.08. The van der Waals surface area contributed by atoms with E-state index < -0.39 is 0 Å². The largest absolute Gasteiger partial charge is 0.321 e. The van der Waals surface area contributed by atoms with Crippen LogP contribution in [0.1, 0.15) is 10.5 Å². The number of hydrogen-bond donors (Lipinski definition) is 1. The summed E-state index contributed by atoms with van der Waals surface area (Å²) >= 11 is 0. The van der Waals surface area contributed by atoms with Gasteiger partial charge < -0.3 is 5.32 Å². The Kier molecular flexibility index (Phi) is 3.38. The number of carbonyl (C=O) groups excluding carboxylic acids is 1. The molecule has 3 rings (SSSR count). The van der Waals surface area contributed by atoms with Crippen LogP contribution in [0.15, 0.2) is 49.2 Å². The summed E-state index contributed by atoms with van der Waals surface area (Å²) in [5, 5.41) is 6.97. The third-order valence-corrected chi connectivity index (χ3v) is 2.80. The number of rotatable bonds is 3. The second-order valence-electron chi connectivity index (χ2n) is 4.36. The van der Waals surface area contributed by atoms with E-state index in [1.807, 2.05) is 19.2 Å². The number of hydrogen-bond acceptors (Lipinski definition) is 5. The van der Waals surface area contributed by atoms with Crippen molar-refractivity contribution in [3.05, 3.63) is 54.9 Å². The van der Waals surface area contributed by atoms with Crippen molar-refractivity contribution >= 4 is 11.6 Å². The van der Waals surface area contributed by atoms with E-state index in [2.05, 4.69) is 25.4 Å². The van der Waals surface area contributed by atoms with E-state index in [4.69, 9.17) is 0 Å². The van der Waals surface area contributed by atoms with Crippen LogP contribution < -0.4 is 5.32 Å². The summed E-state index contributed by atoms with van der Waals surface area (Å²) < 4.78 is 1.64. The van der Waals surface area contributed by atoms with Crippen LogP contribution in [0.4, 0.5) is 5.69 Å².